The van der Waals surface area contributed by atoms with Crippen molar-refractivity contribution >= 4 is 5.91 Å². The van der Waals surface area contributed by atoms with E-state index in [9.17, 15) is 4.79 Å². The Morgan fingerprint density at radius 3 is 2.39 bits per heavy atom. The molecule has 0 radical (unpaired) electrons. The topological polar surface area (TPSA) is 64.3 Å². The molecule has 2 unspecified atom stereocenters. The summed E-state index contributed by atoms with van der Waals surface area (Å²) in [6.45, 7) is 4.07. The summed E-state index contributed by atoms with van der Waals surface area (Å²) in [4.78, 5) is 10.8. The molecule has 1 aromatic rings. The summed E-state index contributed by atoms with van der Waals surface area (Å²) >= 11 is 0. The van der Waals surface area contributed by atoms with Crippen LogP contribution in [0.15, 0.2) is 24.3 Å². The first-order valence-electron chi connectivity index (χ1n) is 6.18. The van der Waals surface area contributed by atoms with Crippen LogP contribution in [0.1, 0.15) is 25.8 Å². The van der Waals surface area contributed by atoms with Crippen molar-refractivity contribution in [2.24, 2.45) is 5.73 Å². The fourth-order valence-corrected chi connectivity index (χ4v) is 2.02. The van der Waals surface area contributed by atoms with Crippen molar-refractivity contribution < 1.29 is 9.53 Å². The predicted molar refractivity (Wildman–Crippen MR) is 72.6 cm³/mol. The average Bonchev–Trinajstić information content (AvgIpc) is 2.28. The van der Waals surface area contributed by atoms with Gasteiger partial charge in [-0.25, -0.2) is 0 Å². The maximum Gasteiger partial charge on any atom is 0.218 e. The van der Waals surface area contributed by atoms with Crippen LogP contribution >= 0.6 is 0 Å². The smallest absolute Gasteiger partial charge is 0.218 e. The van der Waals surface area contributed by atoms with Gasteiger partial charge in [0.05, 0.1) is 7.11 Å². The quantitative estimate of drug-likeness (QED) is 0.770. The first-order chi connectivity index (χ1) is 8.51. The minimum atomic E-state index is -0.272. The van der Waals surface area contributed by atoms with E-state index in [2.05, 4.69) is 24.4 Å². The highest BCUT2D eigenvalue weighted by Gasteiger charge is 2.10. The van der Waals surface area contributed by atoms with Gasteiger partial charge in [-0.15, -0.1) is 0 Å². The highest BCUT2D eigenvalue weighted by molar-refractivity contribution is 5.74. The number of primary amides is 1. The second-order valence-corrected chi connectivity index (χ2v) is 4.69. The standard InChI is InChI=1S/C14H22N2O2/c1-10(16-11(2)9-14(15)17)8-12-4-6-13(18-3)7-5-12/h4-7,10-11,16H,8-9H2,1-3H3,(H2,15,17). The summed E-state index contributed by atoms with van der Waals surface area (Å²) in [6.07, 6.45) is 1.28. The number of rotatable bonds is 7. The van der Waals surface area contributed by atoms with Gasteiger partial charge >= 0.3 is 0 Å². The molecule has 100 valence electrons. The second-order valence-electron chi connectivity index (χ2n) is 4.69. The second kappa shape index (κ2) is 7.01. The normalized spacial score (nSPS) is 13.9. The van der Waals surface area contributed by atoms with Crippen molar-refractivity contribution in [2.45, 2.75) is 38.8 Å². The van der Waals surface area contributed by atoms with Crippen molar-refractivity contribution in [2.75, 3.05) is 7.11 Å². The summed E-state index contributed by atoms with van der Waals surface area (Å²) < 4.78 is 5.12. The number of hydrogen-bond acceptors (Lipinski definition) is 3. The molecule has 1 amide bonds. The van der Waals surface area contributed by atoms with E-state index >= 15 is 0 Å². The van der Waals surface area contributed by atoms with Crippen molar-refractivity contribution in [1.29, 1.82) is 0 Å². The fourth-order valence-electron chi connectivity index (χ4n) is 2.02. The van der Waals surface area contributed by atoms with Gasteiger partial charge in [0.1, 0.15) is 5.75 Å². The third kappa shape index (κ3) is 5.19. The molecule has 0 aliphatic rings. The van der Waals surface area contributed by atoms with E-state index in [1.807, 2.05) is 19.1 Å². The number of carbonyl (C=O) groups is 1. The molecule has 3 N–H and O–H groups in total. The van der Waals surface area contributed by atoms with Crippen LogP contribution in [-0.4, -0.2) is 25.1 Å². The van der Waals surface area contributed by atoms with Gasteiger partial charge in [0.15, 0.2) is 0 Å². The number of ether oxygens (including phenoxy) is 1. The number of benzene rings is 1. The molecule has 0 saturated heterocycles. The lowest BCUT2D eigenvalue weighted by molar-refractivity contribution is -0.118. The number of carbonyl (C=O) groups excluding carboxylic acids is 1. The zero-order chi connectivity index (χ0) is 13.5. The Hall–Kier alpha value is -1.55. The summed E-state index contributed by atoms with van der Waals surface area (Å²) in [5, 5.41) is 3.36. The largest absolute Gasteiger partial charge is 0.497 e. The first-order valence-corrected chi connectivity index (χ1v) is 6.18. The molecule has 4 nitrogen and oxygen atoms in total. The third-order valence-electron chi connectivity index (χ3n) is 2.78. The molecule has 0 fully saturated rings. The SMILES string of the molecule is COc1ccc(CC(C)NC(C)CC(N)=O)cc1. The van der Waals surface area contributed by atoms with Crippen LogP contribution in [-0.2, 0) is 11.2 Å². The molecule has 0 heterocycles. The monoisotopic (exact) mass is 250 g/mol. The van der Waals surface area contributed by atoms with Crippen LogP contribution in [0.5, 0.6) is 5.75 Å². The van der Waals surface area contributed by atoms with Crippen LogP contribution in [0.4, 0.5) is 0 Å². The molecule has 0 aliphatic carbocycles. The van der Waals surface area contributed by atoms with E-state index in [-0.39, 0.29) is 11.9 Å². The summed E-state index contributed by atoms with van der Waals surface area (Å²) in [5.74, 6) is 0.591. The molecule has 0 spiro atoms. The Morgan fingerprint density at radius 1 is 1.28 bits per heavy atom. The highest BCUT2D eigenvalue weighted by atomic mass is 16.5. The lowest BCUT2D eigenvalue weighted by Crippen LogP contribution is -2.38. The van der Waals surface area contributed by atoms with Gasteiger partial charge in [-0.05, 0) is 38.0 Å². The minimum absolute atomic E-state index is 0.107. The molecule has 18 heavy (non-hydrogen) atoms. The van der Waals surface area contributed by atoms with Crippen LogP contribution in [0.25, 0.3) is 0 Å². The predicted octanol–water partition coefficient (Wildman–Crippen LogP) is 1.48. The van der Waals surface area contributed by atoms with Crippen molar-refractivity contribution in [3.8, 4) is 5.75 Å². The van der Waals surface area contributed by atoms with Crippen LogP contribution in [0.3, 0.4) is 0 Å². The van der Waals surface area contributed by atoms with Crippen LogP contribution in [0.2, 0.25) is 0 Å². The van der Waals surface area contributed by atoms with E-state index in [4.69, 9.17) is 10.5 Å². The van der Waals surface area contributed by atoms with Crippen molar-refractivity contribution in [1.82, 2.24) is 5.32 Å². The number of nitrogens with two attached hydrogens (primary N) is 1. The number of amides is 1. The number of hydrogen-bond donors (Lipinski definition) is 2. The molecule has 4 heteroatoms. The molecule has 0 saturated carbocycles. The zero-order valence-corrected chi connectivity index (χ0v) is 11.3. The molecule has 0 aliphatic heterocycles. The van der Waals surface area contributed by atoms with Gasteiger partial charge in [0.2, 0.25) is 5.91 Å². The zero-order valence-electron chi connectivity index (χ0n) is 11.3. The van der Waals surface area contributed by atoms with E-state index in [1.54, 1.807) is 7.11 Å². The Labute approximate surface area is 109 Å². The Kier molecular flexibility index (Phi) is 5.65. The van der Waals surface area contributed by atoms with E-state index < -0.39 is 0 Å². The lowest BCUT2D eigenvalue weighted by atomic mass is 10.1. The molecule has 0 aromatic heterocycles. The van der Waals surface area contributed by atoms with Crippen LogP contribution in [0, 0.1) is 0 Å². The first kappa shape index (κ1) is 14.5. The minimum Gasteiger partial charge on any atom is -0.497 e. The molecule has 0 bridgehead atoms. The van der Waals surface area contributed by atoms with Gasteiger partial charge in [0, 0.05) is 18.5 Å². The maximum absolute atomic E-state index is 10.8. The van der Waals surface area contributed by atoms with Crippen molar-refractivity contribution in [3.05, 3.63) is 29.8 Å². The van der Waals surface area contributed by atoms with Gasteiger partial charge in [-0.3, -0.25) is 4.79 Å². The maximum atomic E-state index is 10.8. The van der Waals surface area contributed by atoms with Gasteiger partial charge in [0.25, 0.3) is 0 Å². The molecule has 1 aromatic carbocycles. The van der Waals surface area contributed by atoms with Gasteiger partial charge in [-0.2, -0.15) is 0 Å². The molecular formula is C14H22N2O2. The Morgan fingerprint density at radius 2 is 1.89 bits per heavy atom. The molecule has 1 rings (SSSR count). The van der Waals surface area contributed by atoms with Gasteiger partial charge in [-0.1, -0.05) is 12.1 Å². The van der Waals surface area contributed by atoms with Crippen LogP contribution < -0.4 is 15.8 Å². The van der Waals surface area contributed by atoms with E-state index in [0.717, 1.165) is 12.2 Å². The lowest BCUT2D eigenvalue weighted by Gasteiger charge is -2.19. The summed E-state index contributed by atoms with van der Waals surface area (Å²) in [6, 6.07) is 8.42. The fraction of sp³-hybridized carbons (Fsp3) is 0.500. The van der Waals surface area contributed by atoms with E-state index in [0.29, 0.717) is 12.5 Å². The highest BCUT2D eigenvalue weighted by Crippen LogP contribution is 2.12. The summed E-state index contributed by atoms with van der Waals surface area (Å²) in [5.41, 5.74) is 6.40. The molecular weight excluding hydrogens is 228 g/mol. The number of methoxy groups -OCH3 is 1. The van der Waals surface area contributed by atoms with Crippen molar-refractivity contribution in [3.63, 3.8) is 0 Å². The Balaban J connectivity index is 2.43. The molecule has 2 atom stereocenters. The average molecular weight is 250 g/mol. The number of nitrogens with one attached hydrogen (secondary N) is 1. The Bertz CT molecular complexity index is 376. The van der Waals surface area contributed by atoms with E-state index in [1.165, 1.54) is 5.56 Å². The van der Waals surface area contributed by atoms with Gasteiger partial charge < -0.3 is 15.8 Å². The third-order valence-corrected chi connectivity index (χ3v) is 2.78. The summed E-state index contributed by atoms with van der Waals surface area (Å²) in [7, 11) is 1.66.